The summed E-state index contributed by atoms with van der Waals surface area (Å²) < 4.78 is 22.8. The van der Waals surface area contributed by atoms with Gasteiger partial charge in [0.05, 0.1) is 18.0 Å². The number of methoxy groups -OCH3 is 1. The van der Waals surface area contributed by atoms with Crippen LogP contribution in [0, 0.1) is 17.2 Å². The summed E-state index contributed by atoms with van der Waals surface area (Å²) in [6, 6.07) is 1.37. The van der Waals surface area contributed by atoms with Crippen molar-refractivity contribution in [2.75, 3.05) is 25.1 Å². The first kappa shape index (κ1) is 18.4. The lowest BCUT2D eigenvalue weighted by Crippen LogP contribution is -2.53. The van der Waals surface area contributed by atoms with E-state index in [1.165, 1.54) is 19.4 Å². The summed E-state index contributed by atoms with van der Waals surface area (Å²) in [5.74, 6) is -1.30. The minimum absolute atomic E-state index is 0.0417. The molecule has 0 unspecified atom stereocenters. The quantitative estimate of drug-likeness (QED) is 0.816. The van der Waals surface area contributed by atoms with Crippen molar-refractivity contribution in [3.63, 3.8) is 0 Å². The van der Waals surface area contributed by atoms with Gasteiger partial charge in [-0.3, -0.25) is 4.79 Å². The van der Waals surface area contributed by atoms with E-state index in [-0.39, 0.29) is 28.4 Å². The molecule has 8 heteroatoms. The third-order valence-corrected chi connectivity index (χ3v) is 6.97. The molecule has 2 heterocycles. The van der Waals surface area contributed by atoms with Crippen LogP contribution in [0.2, 0.25) is 0 Å². The first-order valence-corrected chi connectivity index (χ1v) is 9.94. The van der Waals surface area contributed by atoms with Gasteiger partial charge in [-0.25, -0.2) is 9.18 Å². The largest absolute Gasteiger partial charge is 0.492 e. The zero-order chi connectivity index (χ0) is 20.7. The van der Waals surface area contributed by atoms with Gasteiger partial charge in [-0.2, -0.15) is 0 Å². The van der Waals surface area contributed by atoms with Crippen LogP contribution < -0.4 is 20.8 Å². The molecule has 2 aliphatic carbocycles. The van der Waals surface area contributed by atoms with Gasteiger partial charge in [0.15, 0.2) is 11.6 Å². The second kappa shape index (κ2) is 5.95. The highest BCUT2D eigenvalue weighted by molar-refractivity contribution is 5.97. The van der Waals surface area contributed by atoms with Crippen molar-refractivity contribution in [2.24, 2.45) is 17.1 Å². The molecule has 3 N–H and O–H groups in total. The van der Waals surface area contributed by atoms with Crippen molar-refractivity contribution < 1.29 is 19.0 Å². The maximum atomic E-state index is 15.3. The van der Waals surface area contributed by atoms with Crippen LogP contribution in [0.5, 0.6) is 5.75 Å². The Labute approximate surface area is 166 Å². The fraction of sp³-hybridized carbons (Fsp3) is 0.524. The molecule has 3 atom stereocenters. The van der Waals surface area contributed by atoms with Gasteiger partial charge < -0.3 is 25.0 Å². The van der Waals surface area contributed by atoms with E-state index in [4.69, 9.17) is 10.5 Å². The predicted octanol–water partition coefficient (Wildman–Crippen LogP) is 2.36. The van der Waals surface area contributed by atoms with Crippen LogP contribution in [0.3, 0.4) is 0 Å². The molecule has 3 fully saturated rings. The fourth-order valence-corrected chi connectivity index (χ4v) is 5.36. The molecule has 2 aromatic rings. The molecule has 154 valence electrons. The maximum Gasteiger partial charge on any atom is 0.341 e. The number of rotatable bonds is 4. The summed E-state index contributed by atoms with van der Waals surface area (Å²) in [6.45, 7) is 3.48. The van der Waals surface area contributed by atoms with Crippen LogP contribution in [0.15, 0.2) is 17.1 Å². The van der Waals surface area contributed by atoms with Gasteiger partial charge >= 0.3 is 5.97 Å². The molecule has 7 nitrogen and oxygen atoms in total. The van der Waals surface area contributed by atoms with Gasteiger partial charge in [0.25, 0.3) is 0 Å². The highest BCUT2D eigenvalue weighted by Crippen LogP contribution is 2.54. The summed E-state index contributed by atoms with van der Waals surface area (Å²) >= 11 is 0. The molecular weight excluding hydrogens is 377 g/mol. The average Bonchev–Trinajstić information content (AvgIpc) is 3.45. The van der Waals surface area contributed by atoms with Crippen molar-refractivity contribution >= 4 is 22.6 Å². The van der Waals surface area contributed by atoms with E-state index in [2.05, 4.69) is 6.92 Å². The van der Waals surface area contributed by atoms with Crippen LogP contribution in [0.1, 0.15) is 42.6 Å². The number of aromatic nitrogens is 1. The van der Waals surface area contributed by atoms with Crippen molar-refractivity contribution in [1.29, 1.82) is 0 Å². The number of halogens is 1. The van der Waals surface area contributed by atoms with E-state index in [9.17, 15) is 14.7 Å². The molecule has 0 bridgehead atoms. The molecule has 29 heavy (non-hydrogen) atoms. The number of nitrogens with zero attached hydrogens (tertiary/aromatic N) is 2. The van der Waals surface area contributed by atoms with Crippen molar-refractivity contribution in [2.45, 2.75) is 38.3 Å². The van der Waals surface area contributed by atoms with E-state index in [0.717, 1.165) is 19.3 Å². The number of benzene rings is 1. The highest BCUT2D eigenvalue weighted by Gasteiger charge is 2.55. The molecule has 1 aliphatic heterocycles. The number of hydrogen-bond acceptors (Lipinski definition) is 5. The first-order valence-electron chi connectivity index (χ1n) is 9.94. The van der Waals surface area contributed by atoms with Crippen molar-refractivity contribution in [3.8, 4) is 5.75 Å². The third-order valence-electron chi connectivity index (χ3n) is 6.97. The molecule has 1 aromatic carbocycles. The van der Waals surface area contributed by atoms with Gasteiger partial charge in [-0.1, -0.05) is 6.92 Å². The molecule has 2 saturated carbocycles. The van der Waals surface area contributed by atoms with Crippen LogP contribution in [-0.4, -0.2) is 41.9 Å². The van der Waals surface area contributed by atoms with Gasteiger partial charge in [-0.15, -0.1) is 0 Å². The van der Waals surface area contributed by atoms with Crippen LogP contribution in [0.25, 0.3) is 10.9 Å². The van der Waals surface area contributed by atoms with E-state index in [1.54, 1.807) is 4.57 Å². The zero-order valence-corrected chi connectivity index (χ0v) is 16.4. The van der Waals surface area contributed by atoms with Crippen LogP contribution >= 0.6 is 0 Å². The molecule has 5 rings (SSSR count). The Kier molecular flexibility index (Phi) is 3.78. The zero-order valence-electron chi connectivity index (χ0n) is 16.4. The molecule has 3 aliphatic rings. The van der Waals surface area contributed by atoms with Gasteiger partial charge in [0.1, 0.15) is 11.3 Å². The minimum atomic E-state index is -1.31. The number of anilines is 1. The maximum absolute atomic E-state index is 15.3. The Balaban J connectivity index is 1.76. The lowest BCUT2D eigenvalue weighted by Gasteiger charge is -2.46. The molecule has 0 amide bonds. The summed E-state index contributed by atoms with van der Waals surface area (Å²) in [5, 5.41) is 9.48. The van der Waals surface area contributed by atoms with Gasteiger partial charge in [-0.05, 0) is 36.7 Å². The Morgan fingerprint density at radius 2 is 2.14 bits per heavy atom. The molecule has 0 spiro atoms. The SMILES string of the molecule is COc1c(N2C[C@H]3[C@@H](N)C[C@]3(C)C2)c(F)cc2c(=O)c(C(=O)O)cn(C3CC3)c12. The standard InChI is InChI=1S/C21H24FN3O4/c1-21-6-15(23)13(21)8-24(9-21)17-14(22)5-11-16(19(17)29-2)25(10-3-4-10)7-12(18(11)26)20(27)28/h5,7,10,13,15H,3-4,6,8-9,23H2,1-2H3,(H,27,28)/t13-,15-,21+/m0/s1. The summed E-state index contributed by atoms with van der Waals surface area (Å²) in [5.41, 5.74) is 5.98. The molecular formula is C21H24FN3O4. The smallest absolute Gasteiger partial charge is 0.341 e. The normalized spacial score (nSPS) is 28.3. The van der Waals surface area contributed by atoms with Gasteiger partial charge in [0.2, 0.25) is 5.43 Å². The lowest BCUT2D eigenvalue weighted by molar-refractivity contribution is 0.0694. The summed E-state index contributed by atoms with van der Waals surface area (Å²) in [7, 11) is 1.46. The second-order valence-electron chi connectivity index (χ2n) is 8.96. The number of carbonyl (C=O) groups is 1. The van der Waals surface area contributed by atoms with Crippen molar-refractivity contribution in [3.05, 3.63) is 33.9 Å². The van der Waals surface area contributed by atoms with Crippen LogP contribution in [0.4, 0.5) is 10.1 Å². The molecule has 1 aromatic heterocycles. The Hall–Kier alpha value is -2.61. The number of fused-ring (bicyclic) bond motifs is 2. The highest BCUT2D eigenvalue weighted by atomic mass is 19.1. The van der Waals surface area contributed by atoms with E-state index in [1.807, 2.05) is 4.90 Å². The lowest BCUT2D eigenvalue weighted by atomic mass is 9.60. The van der Waals surface area contributed by atoms with E-state index in [0.29, 0.717) is 36.0 Å². The number of aromatic carboxylic acids is 1. The topological polar surface area (TPSA) is 97.8 Å². The van der Waals surface area contributed by atoms with Gasteiger partial charge in [0, 0.05) is 31.4 Å². The summed E-state index contributed by atoms with van der Waals surface area (Å²) in [4.78, 5) is 26.3. The molecule has 1 saturated heterocycles. The monoisotopic (exact) mass is 401 g/mol. The third kappa shape index (κ3) is 2.51. The fourth-order valence-electron chi connectivity index (χ4n) is 5.36. The Bertz CT molecular complexity index is 1110. The Morgan fingerprint density at radius 1 is 1.41 bits per heavy atom. The summed E-state index contributed by atoms with van der Waals surface area (Å²) in [6.07, 6.45) is 4.04. The Morgan fingerprint density at radius 3 is 2.69 bits per heavy atom. The van der Waals surface area contributed by atoms with E-state index < -0.39 is 17.2 Å². The number of hydrogen-bond donors (Lipinski definition) is 2. The van der Waals surface area contributed by atoms with Crippen LogP contribution in [-0.2, 0) is 0 Å². The molecule has 0 radical (unpaired) electrons. The minimum Gasteiger partial charge on any atom is -0.492 e. The second-order valence-corrected chi connectivity index (χ2v) is 8.96. The predicted molar refractivity (Wildman–Crippen MR) is 106 cm³/mol. The van der Waals surface area contributed by atoms with E-state index >= 15 is 4.39 Å². The number of nitrogens with two attached hydrogens (primary N) is 1. The first-order chi connectivity index (χ1) is 13.7. The number of ether oxygens (including phenoxy) is 1. The number of pyridine rings is 1. The number of carboxylic acid groups (broad SMARTS) is 1. The number of carboxylic acids is 1. The van der Waals surface area contributed by atoms with Crippen molar-refractivity contribution in [1.82, 2.24) is 4.57 Å². The average molecular weight is 401 g/mol.